The molecule has 31 heavy (non-hydrogen) atoms. The molecule has 0 bridgehead atoms. The second-order valence-electron chi connectivity index (χ2n) is 8.85. The highest BCUT2D eigenvalue weighted by Crippen LogP contribution is 2.41. The molecule has 1 heterocycles. The fraction of sp³-hybridized carbons (Fsp3) is 0.240. The van der Waals surface area contributed by atoms with Gasteiger partial charge in [-0.3, -0.25) is 14.9 Å². The first-order valence-electron chi connectivity index (χ1n) is 10.1. The SMILES string of the molecule is Cc1ccc2c(c1)Oc1ccc([N+](=O)[O-])cc1C(=O)N2Cc1ccc(C(C)(C)C)cc1. The van der Waals surface area contributed by atoms with Crippen LogP contribution >= 0.6 is 0 Å². The van der Waals surface area contributed by atoms with Gasteiger partial charge in [-0.2, -0.15) is 0 Å². The van der Waals surface area contributed by atoms with Gasteiger partial charge in [0.15, 0.2) is 5.75 Å². The van der Waals surface area contributed by atoms with Crippen LogP contribution in [0, 0.1) is 17.0 Å². The summed E-state index contributed by atoms with van der Waals surface area (Å²) >= 11 is 0. The number of anilines is 1. The number of carbonyl (C=O) groups is 1. The number of non-ortho nitro benzene ring substituents is 1. The van der Waals surface area contributed by atoms with Gasteiger partial charge in [-0.05, 0) is 47.2 Å². The first-order chi connectivity index (χ1) is 14.6. The Kier molecular flexibility index (Phi) is 5.01. The minimum Gasteiger partial charge on any atom is -0.454 e. The molecule has 1 aliphatic rings. The second kappa shape index (κ2) is 7.54. The molecule has 1 aliphatic heterocycles. The number of benzene rings is 3. The summed E-state index contributed by atoms with van der Waals surface area (Å²) in [5.74, 6) is 0.529. The van der Waals surface area contributed by atoms with Crippen LogP contribution in [0.4, 0.5) is 11.4 Å². The van der Waals surface area contributed by atoms with E-state index in [-0.39, 0.29) is 22.6 Å². The number of nitro benzene ring substituents is 1. The van der Waals surface area contributed by atoms with Gasteiger partial charge in [0.1, 0.15) is 5.75 Å². The van der Waals surface area contributed by atoms with E-state index in [1.807, 2.05) is 37.3 Å². The zero-order valence-electron chi connectivity index (χ0n) is 18.0. The lowest BCUT2D eigenvalue weighted by atomic mass is 9.87. The Morgan fingerprint density at radius 2 is 1.68 bits per heavy atom. The molecular formula is C25H24N2O4. The van der Waals surface area contributed by atoms with Crippen LogP contribution < -0.4 is 9.64 Å². The van der Waals surface area contributed by atoms with Crippen LogP contribution in [-0.4, -0.2) is 10.8 Å². The van der Waals surface area contributed by atoms with Gasteiger partial charge in [0, 0.05) is 12.1 Å². The number of nitro groups is 1. The molecule has 0 saturated carbocycles. The van der Waals surface area contributed by atoms with Crippen LogP contribution in [-0.2, 0) is 12.0 Å². The van der Waals surface area contributed by atoms with Gasteiger partial charge in [0.2, 0.25) is 0 Å². The zero-order valence-corrected chi connectivity index (χ0v) is 18.0. The van der Waals surface area contributed by atoms with Gasteiger partial charge >= 0.3 is 0 Å². The number of amides is 1. The first-order valence-corrected chi connectivity index (χ1v) is 10.1. The third-order valence-corrected chi connectivity index (χ3v) is 5.44. The van der Waals surface area contributed by atoms with Crippen molar-refractivity contribution < 1.29 is 14.5 Å². The van der Waals surface area contributed by atoms with Crippen LogP contribution in [0.2, 0.25) is 0 Å². The maximum absolute atomic E-state index is 13.5. The van der Waals surface area contributed by atoms with E-state index in [0.29, 0.717) is 23.7 Å². The highest BCUT2D eigenvalue weighted by molar-refractivity contribution is 6.10. The van der Waals surface area contributed by atoms with E-state index in [1.165, 1.54) is 23.8 Å². The number of fused-ring (bicyclic) bond motifs is 2. The quantitative estimate of drug-likeness (QED) is 0.379. The summed E-state index contributed by atoms with van der Waals surface area (Å²) in [6.45, 7) is 8.73. The van der Waals surface area contributed by atoms with Crippen molar-refractivity contribution in [3.05, 3.63) is 93.0 Å². The average molecular weight is 416 g/mol. The van der Waals surface area contributed by atoms with Crippen molar-refractivity contribution >= 4 is 17.3 Å². The predicted octanol–water partition coefficient (Wildman–Crippen LogP) is 6.15. The molecule has 0 fully saturated rings. The molecule has 158 valence electrons. The normalized spacial score (nSPS) is 13.2. The first kappa shape index (κ1) is 20.6. The summed E-state index contributed by atoms with van der Waals surface area (Å²) in [6, 6.07) is 17.9. The molecule has 6 nitrogen and oxygen atoms in total. The Balaban J connectivity index is 1.79. The smallest absolute Gasteiger partial charge is 0.270 e. The second-order valence-corrected chi connectivity index (χ2v) is 8.85. The molecule has 6 heteroatoms. The summed E-state index contributed by atoms with van der Waals surface area (Å²) in [5, 5.41) is 11.3. The van der Waals surface area contributed by atoms with E-state index in [4.69, 9.17) is 4.74 Å². The molecule has 0 radical (unpaired) electrons. The summed E-state index contributed by atoms with van der Waals surface area (Å²) in [4.78, 5) is 25.9. The molecular weight excluding hydrogens is 392 g/mol. The summed E-state index contributed by atoms with van der Waals surface area (Å²) in [6.07, 6.45) is 0. The minimum absolute atomic E-state index is 0.0345. The molecule has 0 atom stereocenters. The van der Waals surface area contributed by atoms with Crippen LogP contribution in [0.15, 0.2) is 60.7 Å². The molecule has 4 rings (SSSR count). The van der Waals surface area contributed by atoms with Crippen LogP contribution in [0.1, 0.15) is 47.8 Å². The van der Waals surface area contributed by atoms with Crippen molar-refractivity contribution in [1.82, 2.24) is 0 Å². The van der Waals surface area contributed by atoms with Crippen molar-refractivity contribution in [3.63, 3.8) is 0 Å². The van der Waals surface area contributed by atoms with Gasteiger partial charge in [-0.25, -0.2) is 0 Å². The molecule has 0 aliphatic carbocycles. The molecule has 3 aromatic rings. The van der Waals surface area contributed by atoms with Gasteiger partial charge in [-0.1, -0.05) is 51.1 Å². The highest BCUT2D eigenvalue weighted by atomic mass is 16.6. The van der Waals surface area contributed by atoms with Gasteiger partial charge < -0.3 is 9.64 Å². The van der Waals surface area contributed by atoms with Crippen LogP contribution in [0.3, 0.4) is 0 Å². The Labute approximate surface area is 181 Å². The molecule has 0 unspecified atom stereocenters. The van der Waals surface area contributed by atoms with Gasteiger partial charge in [0.05, 0.1) is 22.7 Å². The third-order valence-electron chi connectivity index (χ3n) is 5.44. The fourth-order valence-corrected chi connectivity index (χ4v) is 3.64. The maximum Gasteiger partial charge on any atom is 0.270 e. The lowest BCUT2D eigenvalue weighted by Gasteiger charge is -2.23. The van der Waals surface area contributed by atoms with Crippen LogP contribution in [0.5, 0.6) is 11.5 Å². The van der Waals surface area contributed by atoms with Crippen molar-refractivity contribution in [2.45, 2.75) is 39.7 Å². The molecule has 3 aromatic carbocycles. The summed E-state index contributed by atoms with van der Waals surface area (Å²) in [5.41, 5.74) is 3.86. The standard InChI is InChI=1S/C25H24N2O4/c1-16-5-11-21-23(13-16)31-22-12-10-19(27(29)30)14-20(22)24(28)26(21)15-17-6-8-18(9-7-17)25(2,3)4/h5-14H,15H2,1-4H3. The molecule has 0 spiro atoms. The predicted molar refractivity (Wildman–Crippen MR) is 120 cm³/mol. The van der Waals surface area contributed by atoms with Crippen molar-refractivity contribution in [2.24, 2.45) is 0 Å². The molecule has 1 amide bonds. The number of hydrogen-bond acceptors (Lipinski definition) is 4. The van der Waals surface area contributed by atoms with Crippen molar-refractivity contribution in [1.29, 1.82) is 0 Å². The maximum atomic E-state index is 13.5. The number of aryl methyl sites for hydroxylation is 1. The molecule has 0 saturated heterocycles. The Bertz CT molecular complexity index is 1180. The van der Waals surface area contributed by atoms with Gasteiger partial charge in [0.25, 0.3) is 11.6 Å². The molecule has 0 N–H and O–H groups in total. The third kappa shape index (κ3) is 4.01. The fourth-order valence-electron chi connectivity index (χ4n) is 3.64. The molecule has 0 aromatic heterocycles. The van der Waals surface area contributed by atoms with E-state index >= 15 is 0 Å². The number of carbonyl (C=O) groups excluding carboxylic acids is 1. The Hall–Kier alpha value is -3.67. The lowest BCUT2D eigenvalue weighted by molar-refractivity contribution is -0.384. The minimum atomic E-state index is -0.509. The van der Waals surface area contributed by atoms with E-state index in [2.05, 4.69) is 32.9 Å². The number of hydrogen-bond donors (Lipinski definition) is 0. The van der Waals surface area contributed by atoms with Crippen molar-refractivity contribution in [3.8, 4) is 11.5 Å². The highest BCUT2D eigenvalue weighted by Gasteiger charge is 2.30. The summed E-state index contributed by atoms with van der Waals surface area (Å²) < 4.78 is 6.04. The lowest BCUT2D eigenvalue weighted by Crippen LogP contribution is -2.29. The van der Waals surface area contributed by atoms with Gasteiger partial charge in [-0.15, -0.1) is 0 Å². The Morgan fingerprint density at radius 3 is 2.32 bits per heavy atom. The van der Waals surface area contributed by atoms with E-state index in [0.717, 1.165) is 11.1 Å². The summed E-state index contributed by atoms with van der Waals surface area (Å²) in [7, 11) is 0. The largest absolute Gasteiger partial charge is 0.454 e. The number of rotatable bonds is 3. The Morgan fingerprint density at radius 1 is 0.968 bits per heavy atom. The zero-order chi connectivity index (χ0) is 22.3. The van der Waals surface area contributed by atoms with E-state index in [9.17, 15) is 14.9 Å². The van der Waals surface area contributed by atoms with E-state index < -0.39 is 4.92 Å². The number of ether oxygens (including phenoxy) is 1. The average Bonchev–Trinajstić information content (AvgIpc) is 2.82. The number of nitrogens with zero attached hydrogens (tertiary/aromatic N) is 2. The topological polar surface area (TPSA) is 72.7 Å². The van der Waals surface area contributed by atoms with E-state index in [1.54, 1.807) is 4.90 Å². The van der Waals surface area contributed by atoms with Crippen molar-refractivity contribution in [2.75, 3.05) is 4.90 Å². The van der Waals surface area contributed by atoms with Crippen LogP contribution in [0.25, 0.3) is 0 Å². The monoisotopic (exact) mass is 416 g/mol.